The molecule has 0 aliphatic carbocycles. The lowest BCUT2D eigenvalue weighted by molar-refractivity contribution is -0.873. The SMILES string of the molecule is CCC(CCC(=O)OC(CC(=O)[O-])C[N+](C)(C)C)C(=O)O. The molecule has 0 radical (unpaired) electrons. The average Bonchev–Trinajstić information content (AvgIpc) is 2.25. The van der Waals surface area contributed by atoms with Crippen LogP contribution in [0.4, 0.5) is 0 Å². The fourth-order valence-corrected chi connectivity index (χ4v) is 1.98. The second-order valence-corrected chi connectivity index (χ2v) is 6.14. The largest absolute Gasteiger partial charge is 0.550 e. The molecule has 0 saturated carbocycles. The third kappa shape index (κ3) is 9.84. The molecule has 1 N–H and O–H groups in total. The maximum absolute atomic E-state index is 11.7. The molecule has 0 aromatic heterocycles. The van der Waals surface area contributed by atoms with Crippen LogP contribution < -0.4 is 5.11 Å². The third-order valence-electron chi connectivity index (χ3n) is 2.98. The van der Waals surface area contributed by atoms with Gasteiger partial charge in [0.05, 0.1) is 27.1 Å². The molecule has 2 atom stereocenters. The molecule has 0 amide bonds. The van der Waals surface area contributed by atoms with E-state index in [9.17, 15) is 19.5 Å². The third-order valence-corrected chi connectivity index (χ3v) is 2.98. The summed E-state index contributed by atoms with van der Waals surface area (Å²) in [5.41, 5.74) is 0. The monoisotopic (exact) mass is 303 g/mol. The predicted octanol–water partition coefficient (Wildman–Crippen LogP) is -0.365. The second-order valence-electron chi connectivity index (χ2n) is 6.14. The maximum atomic E-state index is 11.7. The van der Waals surface area contributed by atoms with E-state index in [2.05, 4.69) is 0 Å². The van der Waals surface area contributed by atoms with E-state index < -0.39 is 29.9 Å². The second kappa shape index (κ2) is 8.61. The molecule has 0 heterocycles. The lowest BCUT2D eigenvalue weighted by Crippen LogP contribution is -2.45. The van der Waals surface area contributed by atoms with Gasteiger partial charge in [0.25, 0.3) is 0 Å². The summed E-state index contributed by atoms with van der Waals surface area (Å²) in [5.74, 6) is -3.38. The molecule has 0 aliphatic rings. The lowest BCUT2D eigenvalue weighted by atomic mass is 10.0. The first-order valence-corrected chi connectivity index (χ1v) is 6.97. The van der Waals surface area contributed by atoms with Crippen molar-refractivity contribution in [3.05, 3.63) is 0 Å². The molecule has 0 bridgehead atoms. The number of carboxylic acids is 2. The predicted molar refractivity (Wildman–Crippen MR) is 73.1 cm³/mol. The molecule has 0 spiro atoms. The molecule has 122 valence electrons. The van der Waals surface area contributed by atoms with Crippen LogP contribution >= 0.6 is 0 Å². The van der Waals surface area contributed by atoms with Gasteiger partial charge in [-0.25, -0.2) is 0 Å². The molecule has 0 fully saturated rings. The zero-order valence-corrected chi connectivity index (χ0v) is 13.1. The van der Waals surface area contributed by atoms with Gasteiger partial charge < -0.3 is 24.2 Å². The Morgan fingerprint density at radius 1 is 1.24 bits per heavy atom. The van der Waals surface area contributed by atoms with E-state index in [0.29, 0.717) is 17.4 Å². The molecule has 0 aromatic carbocycles. The van der Waals surface area contributed by atoms with Gasteiger partial charge in [-0.05, 0) is 12.8 Å². The van der Waals surface area contributed by atoms with Crippen LogP contribution in [0.3, 0.4) is 0 Å². The number of aliphatic carboxylic acids is 2. The Labute approximate surface area is 125 Å². The number of nitrogens with zero attached hydrogens (tertiary/aromatic N) is 1. The van der Waals surface area contributed by atoms with Crippen molar-refractivity contribution in [3.63, 3.8) is 0 Å². The number of quaternary nitrogens is 1. The van der Waals surface area contributed by atoms with Crippen molar-refractivity contribution >= 4 is 17.9 Å². The van der Waals surface area contributed by atoms with Crippen LogP contribution in [0.15, 0.2) is 0 Å². The van der Waals surface area contributed by atoms with Crippen molar-refractivity contribution in [3.8, 4) is 0 Å². The minimum absolute atomic E-state index is 0.0362. The number of carboxylic acid groups (broad SMARTS) is 2. The fraction of sp³-hybridized carbons (Fsp3) is 0.786. The van der Waals surface area contributed by atoms with E-state index in [1.165, 1.54) is 0 Å². The van der Waals surface area contributed by atoms with Gasteiger partial charge in [0.15, 0.2) is 6.10 Å². The molecule has 0 aliphatic heterocycles. The normalized spacial score (nSPS) is 14.3. The van der Waals surface area contributed by atoms with Crippen molar-refractivity contribution in [1.29, 1.82) is 0 Å². The number of carbonyl (C=O) groups excluding carboxylic acids is 2. The van der Waals surface area contributed by atoms with Gasteiger partial charge in [-0.1, -0.05) is 6.92 Å². The summed E-state index contributed by atoms with van der Waals surface area (Å²) < 4.78 is 5.59. The maximum Gasteiger partial charge on any atom is 0.306 e. The minimum atomic E-state index is -1.28. The van der Waals surface area contributed by atoms with Gasteiger partial charge in [0.2, 0.25) is 0 Å². The van der Waals surface area contributed by atoms with Crippen molar-refractivity contribution < 1.29 is 33.8 Å². The summed E-state index contributed by atoms with van der Waals surface area (Å²) in [5, 5.41) is 19.6. The first-order valence-electron chi connectivity index (χ1n) is 6.97. The van der Waals surface area contributed by atoms with Crippen LogP contribution in [0, 0.1) is 5.92 Å². The van der Waals surface area contributed by atoms with Gasteiger partial charge >= 0.3 is 11.9 Å². The highest BCUT2D eigenvalue weighted by atomic mass is 16.5. The van der Waals surface area contributed by atoms with Crippen molar-refractivity contribution in [2.75, 3.05) is 27.7 Å². The van der Waals surface area contributed by atoms with Gasteiger partial charge in [0.1, 0.15) is 6.54 Å². The topological polar surface area (TPSA) is 104 Å². The van der Waals surface area contributed by atoms with Crippen LogP contribution in [0.1, 0.15) is 32.6 Å². The van der Waals surface area contributed by atoms with E-state index in [1.54, 1.807) is 6.92 Å². The van der Waals surface area contributed by atoms with E-state index in [-0.39, 0.29) is 19.3 Å². The summed E-state index contributed by atoms with van der Waals surface area (Å²) in [4.78, 5) is 33.3. The Morgan fingerprint density at radius 3 is 2.19 bits per heavy atom. The number of hydrogen-bond acceptors (Lipinski definition) is 5. The Kier molecular flexibility index (Phi) is 7.94. The van der Waals surface area contributed by atoms with E-state index in [1.807, 2.05) is 21.1 Å². The van der Waals surface area contributed by atoms with E-state index in [0.717, 1.165) is 0 Å². The summed E-state index contributed by atoms with van der Waals surface area (Å²) >= 11 is 0. The molecule has 0 aromatic rings. The number of rotatable bonds is 10. The molecule has 7 heteroatoms. The summed E-state index contributed by atoms with van der Waals surface area (Å²) in [7, 11) is 5.56. The number of esters is 1. The Morgan fingerprint density at radius 2 is 1.81 bits per heavy atom. The molecule has 21 heavy (non-hydrogen) atoms. The van der Waals surface area contributed by atoms with Gasteiger partial charge in [-0.15, -0.1) is 0 Å². The molecular formula is C14H25NO6. The zero-order valence-electron chi connectivity index (χ0n) is 13.1. The lowest BCUT2D eigenvalue weighted by Gasteiger charge is -2.29. The first kappa shape index (κ1) is 19.4. The summed E-state index contributed by atoms with van der Waals surface area (Å²) in [6.07, 6.45) is -0.549. The van der Waals surface area contributed by atoms with Gasteiger partial charge in [0, 0.05) is 18.8 Å². The number of ether oxygens (including phenoxy) is 1. The average molecular weight is 303 g/mol. The van der Waals surface area contributed by atoms with E-state index in [4.69, 9.17) is 9.84 Å². The van der Waals surface area contributed by atoms with Crippen LogP contribution in [0.5, 0.6) is 0 Å². The highest BCUT2D eigenvalue weighted by molar-refractivity contribution is 5.73. The number of hydrogen-bond donors (Lipinski definition) is 1. The van der Waals surface area contributed by atoms with Crippen molar-refractivity contribution in [2.45, 2.75) is 38.7 Å². The van der Waals surface area contributed by atoms with Crippen molar-refractivity contribution in [1.82, 2.24) is 0 Å². The van der Waals surface area contributed by atoms with Gasteiger partial charge in [-0.3, -0.25) is 9.59 Å². The molecular weight excluding hydrogens is 278 g/mol. The summed E-state index contributed by atoms with van der Waals surface area (Å²) in [6, 6.07) is 0. The standard InChI is InChI=1S/C14H25NO6/c1-5-10(14(19)20)6-7-13(18)21-11(8-12(16)17)9-15(2,3)4/h10-11H,5-9H2,1-4H3,(H-,16,17,19,20). The van der Waals surface area contributed by atoms with Crippen LogP contribution in [-0.4, -0.2) is 61.3 Å². The quantitative estimate of drug-likeness (QED) is 0.436. The van der Waals surface area contributed by atoms with Crippen molar-refractivity contribution in [2.24, 2.45) is 5.92 Å². The van der Waals surface area contributed by atoms with Crippen LogP contribution in [-0.2, 0) is 19.1 Å². The highest BCUT2D eigenvalue weighted by Crippen LogP contribution is 2.13. The Balaban J connectivity index is 4.45. The number of carbonyl (C=O) groups is 3. The smallest absolute Gasteiger partial charge is 0.306 e. The van der Waals surface area contributed by atoms with Crippen LogP contribution in [0.25, 0.3) is 0 Å². The van der Waals surface area contributed by atoms with Gasteiger partial charge in [-0.2, -0.15) is 0 Å². The minimum Gasteiger partial charge on any atom is -0.550 e. The van der Waals surface area contributed by atoms with E-state index >= 15 is 0 Å². The molecule has 0 saturated heterocycles. The van der Waals surface area contributed by atoms with Crippen LogP contribution in [0.2, 0.25) is 0 Å². The highest BCUT2D eigenvalue weighted by Gasteiger charge is 2.23. The molecule has 7 nitrogen and oxygen atoms in total. The Hall–Kier alpha value is -1.63. The molecule has 0 rings (SSSR count). The number of likely N-dealkylation sites (N-methyl/N-ethyl adjacent to an activating group) is 1. The summed E-state index contributed by atoms with van der Waals surface area (Å²) in [6.45, 7) is 2.08. The zero-order chi connectivity index (χ0) is 16.6. The molecule has 2 unspecified atom stereocenters. The Bertz CT molecular complexity index is 374. The fourth-order valence-electron chi connectivity index (χ4n) is 1.98. The first-order chi connectivity index (χ1) is 9.55.